The summed E-state index contributed by atoms with van der Waals surface area (Å²) >= 11 is 3.46. The predicted molar refractivity (Wildman–Crippen MR) is 92.8 cm³/mol. The highest BCUT2D eigenvalue weighted by atomic mass is 79.9. The van der Waals surface area contributed by atoms with Crippen molar-refractivity contribution in [2.45, 2.75) is 53.0 Å². The zero-order valence-corrected chi connectivity index (χ0v) is 15.3. The summed E-state index contributed by atoms with van der Waals surface area (Å²) in [6.07, 6.45) is 3.83. The maximum Gasteiger partial charge on any atom is 0.120 e. The fraction of sp³-hybridized carbons (Fsp3) is 0.667. The summed E-state index contributed by atoms with van der Waals surface area (Å²) in [5.74, 6) is 0.926. The van der Waals surface area contributed by atoms with Gasteiger partial charge in [0.1, 0.15) is 12.4 Å². The molecule has 1 aliphatic carbocycles. The minimum absolute atomic E-state index is 0.435. The molecule has 1 aromatic rings. The number of hydrogen-bond donors (Lipinski definition) is 1. The Labute approximate surface area is 137 Å². The standard InChI is InChI=1S/C18H28BrNO/c1-17(2)11-15(12-18(3,4)13-17)20-8-9-21-16-7-5-6-14(19)10-16/h5-7,10,15,20H,8-9,11-13H2,1-4H3. The van der Waals surface area contributed by atoms with Gasteiger partial charge in [-0.2, -0.15) is 0 Å². The van der Waals surface area contributed by atoms with Gasteiger partial charge in [0.05, 0.1) is 0 Å². The first kappa shape index (κ1) is 16.8. The van der Waals surface area contributed by atoms with E-state index in [9.17, 15) is 0 Å². The highest BCUT2D eigenvalue weighted by Gasteiger charge is 2.37. The molecule has 1 N–H and O–H groups in total. The smallest absolute Gasteiger partial charge is 0.120 e. The fourth-order valence-electron chi connectivity index (χ4n) is 3.98. The van der Waals surface area contributed by atoms with Gasteiger partial charge >= 0.3 is 0 Å². The van der Waals surface area contributed by atoms with E-state index in [1.807, 2.05) is 24.3 Å². The molecule has 0 radical (unpaired) electrons. The molecule has 1 saturated carbocycles. The largest absolute Gasteiger partial charge is 0.492 e. The van der Waals surface area contributed by atoms with Crippen molar-refractivity contribution in [2.24, 2.45) is 10.8 Å². The summed E-state index contributed by atoms with van der Waals surface area (Å²) in [4.78, 5) is 0. The van der Waals surface area contributed by atoms with Crippen molar-refractivity contribution in [3.63, 3.8) is 0 Å². The summed E-state index contributed by atoms with van der Waals surface area (Å²) < 4.78 is 6.85. The van der Waals surface area contributed by atoms with Crippen LogP contribution < -0.4 is 10.1 Å². The molecule has 3 heteroatoms. The van der Waals surface area contributed by atoms with Gasteiger partial charge in [0, 0.05) is 17.1 Å². The van der Waals surface area contributed by atoms with Crippen LogP contribution in [0.2, 0.25) is 0 Å². The molecular weight excluding hydrogens is 326 g/mol. The van der Waals surface area contributed by atoms with Crippen LogP contribution in [0, 0.1) is 10.8 Å². The van der Waals surface area contributed by atoms with Crippen molar-refractivity contribution in [1.82, 2.24) is 5.32 Å². The molecule has 0 aliphatic heterocycles. The van der Waals surface area contributed by atoms with E-state index in [0.29, 0.717) is 23.5 Å². The molecule has 0 atom stereocenters. The van der Waals surface area contributed by atoms with E-state index in [0.717, 1.165) is 16.8 Å². The molecule has 1 fully saturated rings. The minimum atomic E-state index is 0.435. The second kappa shape index (κ2) is 6.70. The predicted octanol–water partition coefficient (Wildman–Crippen LogP) is 5.02. The molecule has 2 nitrogen and oxygen atoms in total. The summed E-state index contributed by atoms with van der Waals surface area (Å²) in [5.41, 5.74) is 0.870. The quantitative estimate of drug-likeness (QED) is 0.750. The van der Waals surface area contributed by atoms with Gasteiger partial charge in [-0.3, -0.25) is 0 Å². The Bertz CT molecular complexity index is 454. The van der Waals surface area contributed by atoms with E-state index in [2.05, 4.69) is 48.9 Å². The monoisotopic (exact) mass is 353 g/mol. The normalized spacial score (nSPS) is 21.2. The van der Waals surface area contributed by atoms with E-state index in [1.54, 1.807) is 0 Å². The molecule has 0 bridgehead atoms. The van der Waals surface area contributed by atoms with Crippen LogP contribution in [-0.2, 0) is 0 Å². The average molecular weight is 354 g/mol. The molecule has 2 rings (SSSR count). The molecule has 0 saturated heterocycles. The maximum atomic E-state index is 5.79. The van der Waals surface area contributed by atoms with Gasteiger partial charge < -0.3 is 10.1 Å². The van der Waals surface area contributed by atoms with Crippen molar-refractivity contribution in [3.05, 3.63) is 28.7 Å². The van der Waals surface area contributed by atoms with Crippen molar-refractivity contribution < 1.29 is 4.74 Å². The Morgan fingerprint density at radius 3 is 2.48 bits per heavy atom. The van der Waals surface area contributed by atoms with Crippen LogP contribution in [-0.4, -0.2) is 19.2 Å². The van der Waals surface area contributed by atoms with E-state index in [1.165, 1.54) is 19.3 Å². The Hall–Kier alpha value is -0.540. The molecule has 0 amide bonds. The fourth-order valence-corrected chi connectivity index (χ4v) is 4.36. The number of nitrogens with one attached hydrogen (secondary N) is 1. The van der Waals surface area contributed by atoms with Crippen LogP contribution in [0.25, 0.3) is 0 Å². The second-order valence-electron chi connectivity index (χ2n) is 7.87. The third-order valence-electron chi connectivity index (χ3n) is 4.15. The third kappa shape index (κ3) is 5.63. The molecule has 118 valence electrons. The lowest BCUT2D eigenvalue weighted by molar-refractivity contribution is 0.0835. The SMILES string of the molecule is CC1(C)CC(NCCOc2cccc(Br)c2)CC(C)(C)C1. The van der Waals surface area contributed by atoms with Gasteiger partial charge in [0.25, 0.3) is 0 Å². The molecule has 0 heterocycles. The third-order valence-corrected chi connectivity index (χ3v) is 4.65. The lowest BCUT2D eigenvalue weighted by Gasteiger charge is -2.45. The number of halogens is 1. The molecule has 0 unspecified atom stereocenters. The van der Waals surface area contributed by atoms with Gasteiger partial charge in [0.15, 0.2) is 0 Å². The summed E-state index contributed by atoms with van der Waals surface area (Å²) in [6.45, 7) is 11.2. The molecule has 1 aromatic carbocycles. The second-order valence-corrected chi connectivity index (χ2v) is 8.79. The number of rotatable bonds is 5. The lowest BCUT2D eigenvalue weighted by Crippen LogP contribution is -2.44. The van der Waals surface area contributed by atoms with Crippen molar-refractivity contribution in [2.75, 3.05) is 13.2 Å². The highest BCUT2D eigenvalue weighted by molar-refractivity contribution is 9.10. The lowest BCUT2D eigenvalue weighted by atomic mass is 9.63. The van der Waals surface area contributed by atoms with Crippen LogP contribution >= 0.6 is 15.9 Å². The number of hydrogen-bond acceptors (Lipinski definition) is 2. The van der Waals surface area contributed by atoms with E-state index in [4.69, 9.17) is 4.74 Å². The molecule has 1 aliphatic rings. The summed E-state index contributed by atoms with van der Waals surface area (Å²) in [6, 6.07) is 8.62. The first-order valence-electron chi connectivity index (χ1n) is 7.88. The van der Waals surface area contributed by atoms with Gasteiger partial charge in [-0.05, 0) is 48.3 Å². The molecule has 0 aromatic heterocycles. The van der Waals surface area contributed by atoms with Crippen molar-refractivity contribution in [1.29, 1.82) is 0 Å². The molecular formula is C18H28BrNO. The highest BCUT2D eigenvalue weighted by Crippen LogP contribution is 2.45. The first-order valence-corrected chi connectivity index (χ1v) is 8.67. The Kier molecular flexibility index (Phi) is 5.37. The van der Waals surface area contributed by atoms with Gasteiger partial charge in [-0.25, -0.2) is 0 Å². The van der Waals surface area contributed by atoms with Crippen LogP contribution in [0.4, 0.5) is 0 Å². The zero-order valence-electron chi connectivity index (χ0n) is 13.7. The van der Waals surface area contributed by atoms with Crippen LogP contribution in [0.5, 0.6) is 5.75 Å². The van der Waals surface area contributed by atoms with Crippen molar-refractivity contribution >= 4 is 15.9 Å². The van der Waals surface area contributed by atoms with Crippen LogP contribution in [0.1, 0.15) is 47.0 Å². The average Bonchev–Trinajstić information content (AvgIpc) is 2.31. The van der Waals surface area contributed by atoms with Gasteiger partial charge in [-0.1, -0.05) is 49.7 Å². The van der Waals surface area contributed by atoms with E-state index in [-0.39, 0.29) is 0 Å². The number of benzene rings is 1. The van der Waals surface area contributed by atoms with E-state index < -0.39 is 0 Å². The zero-order chi connectivity index (χ0) is 15.5. The number of ether oxygens (including phenoxy) is 1. The minimum Gasteiger partial charge on any atom is -0.492 e. The maximum absolute atomic E-state index is 5.79. The van der Waals surface area contributed by atoms with Crippen LogP contribution in [0.3, 0.4) is 0 Å². The van der Waals surface area contributed by atoms with Crippen LogP contribution in [0.15, 0.2) is 28.7 Å². The summed E-state index contributed by atoms with van der Waals surface area (Å²) in [5, 5.41) is 3.68. The van der Waals surface area contributed by atoms with Gasteiger partial charge in [-0.15, -0.1) is 0 Å². The van der Waals surface area contributed by atoms with E-state index >= 15 is 0 Å². The topological polar surface area (TPSA) is 21.3 Å². The Morgan fingerprint density at radius 1 is 1.19 bits per heavy atom. The van der Waals surface area contributed by atoms with Crippen molar-refractivity contribution in [3.8, 4) is 5.75 Å². The Balaban J connectivity index is 1.75. The summed E-state index contributed by atoms with van der Waals surface area (Å²) in [7, 11) is 0. The molecule has 0 spiro atoms. The first-order chi connectivity index (χ1) is 9.76. The molecule has 21 heavy (non-hydrogen) atoms. The van der Waals surface area contributed by atoms with Gasteiger partial charge in [0.2, 0.25) is 0 Å². The Morgan fingerprint density at radius 2 is 1.86 bits per heavy atom.